The van der Waals surface area contributed by atoms with Gasteiger partial charge in [0.2, 0.25) is 0 Å². The van der Waals surface area contributed by atoms with Crippen LogP contribution in [0.3, 0.4) is 0 Å². The fourth-order valence-corrected chi connectivity index (χ4v) is 2.84. The number of halogens is 2. The Hall–Kier alpha value is 0.0712. The van der Waals surface area contributed by atoms with E-state index in [4.69, 9.17) is 0 Å². The third kappa shape index (κ3) is 13.5. The number of allylic oxidation sites excluding steroid dienone is 8. The zero-order valence-electron chi connectivity index (χ0n) is 12.1. The van der Waals surface area contributed by atoms with Gasteiger partial charge in [0.15, 0.2) is 0 Å². The number of benzene rings is 1. The SMILES string of the molecule is Br.Br.C[Si](=[Ti+2])c1ccccc1.[C-]1=CC=CC1.[C-]1=CC=CC1. The van der Waals surface area contributed by atoms with Gasteiger partial charge in [0.1, 0.15) is 0 Å². The molecule has 1 aromatic rings. The van der Waals surface area contributed by atoms with E-state index in [2.05, 4.69) is 80.4 Å². The van der Waals surface area contributed by atoms with Gasteiger partial charge in [0.05, 0.1) is 0 Å². The molecule has 3 rings (SSSR count). The third-order valence-corrected chi connectivity index (χ3v) is 4.93. The first kappa shape index (κ1) is 23.3. The van der Waals surface area contributed by atoms with Crippen LogP contribution in [0.25, 0.3) is 0 Å². The van der Waals surface area contributed by atoms with E-state index >= 15 is 0 Å². The smallest absolute Gasteiger partial charge is 0.109 e. The van der Waals surface area contributed by atoms with Gasteiger partial charge < -0.3 is 0 Å². The van der Waals surface area contributed by atoms with E-state index in [1.165, 1.54) is 5.19 Å². The number of hydrogen-bond donors (Lipinski definition) is 0. The molecule has 0 heterocycles. The molecule has 0 atom stereocenters. The van der Waals surface area contributed by atoms with Crippen molar-refractivity contribution >= 4 is 45.3 Å². The molecule has 4 heteroatoms. The summed E-state index contributed by atoms with van der Waals surface area (Å²) in [5.41, 5.74) is 0. The van der Waals surface area contributed by atoms with Crippen LogP contribution < -0.4 is 5.19 Å². The summed E-state index contributed by atoms with van der Waals surface area (Å²) < 4.78 is 0. The van der Waals surface area contributed by atoms with Gasteiger partial charge >= 0.3 is 67.4 Å². The molecule has 0 amide bonds. The maximum Gasteiger partial charge on any atom is -0.109 e. The maximum absolute atomic E-state index is 2.99. The first-order valence-corrected chi connectivity index (χ1v) is 10.7. The minimum absolute atomic E-state index is 0. The Morgan fingerprint density at radius 2 is 1.38 bits per heavy atom. The van der Waals surface area contributed by atoms with E-state index in [0.717, 1.165) is 12.8 Å². The summed E-state index contributed by atoms with van der Waals surface area (Å²) in [5.74, 6) is 0. The van der Waals surface area contributed by atoms with Crippen LogP contribution in [0.1, 0.15) is 12.8 Å². The van der Waals surface area contributed by atoms with Gasteiger partial charge in [-0.05, 0) is 0 Å². The Balaban J connectivity index is 0. The molecule has 1 aromatic carbocycles. The Kier molecular flexibility index (Phi) is 18.3. The fourth-order valence-electron chi connectivity index (χ4n) is 1.37. The Morgan fingerprint density at radius 1 is 0.905 bits per heavy atom. The van der Waals surface area contributed by atoms with Crippen molar-refractivity contribution in [1.29, 1.82) is 0 Å². The van der Waals surface area contributed by atoms with Crippen molar-refractivity contribution in [2.45, 2.75) is 19.4 Å². The molecule has 0 spiro atoms. The maximum atomic E-state index is 2.99. The first-order chi connectivity index (χ1) is 9.30. The van der Waals surface area contributed by atoms with Crippen molar-refractivity contribution < 1.29 is 19.2 Å². The third-order valence-electron chi connectivity index (χ3n) is 2.38. The van der Waals surface area contributed by atoms with Crippen molar-refractivity contribution in [2.75, 3.05) is 0 Å². The monoisotopic (exact) mass is 458 g/mol. The summed E-state index contributed by atoms with van der Waals surface area (Å²) in [6.45, 7) is 2.31. The van der Waals surface area contributed by atoms with Gasteiger partial charge in [-0.2, -0.15) is 12.2 Å². The van der Waals surface area contributed by atoms with Gasteiger partial charge in [0.25, 0.3) is 0 Å². The van der Waals surface area contributed by atoms with E-state index in [-0.39, 0.29) is 40.1 Å². The first-order valence-electron chi connectivity index (χ1n) is 6.34. The second-order valence-electron chi connectivity index (χ2n) is 4.00. The summed E-state index contributed by atoms with van der Waals surface area (Å²) in [6.07, 6.45) is 19.8. The van der Waals surface area contributed by atoms with E-state index in [1.54, 1.807) is 0 Å². The standard InChI is InChI=1S/C7H8Si.2C5H5.2BrH.Ti/c1-8-7-5-3-2-4-6-7;2*1-2-4-5-3-1;;;/h2-6H,1H3;2*1-3H,4H2;2*1H;/q;2*-1;;;+2. The molecule has 110 valence electrons. The molecular formula is C17H20Br2SiTi. The summed E-state index contributed by atoms with van der Waals surface area (Å²) in [6, 6.07) is 10.7. The van der Waals surface area contributed by atoms with Crippen LogP contribution in [-0.2, 0) is 19.2 Å². The van der Waals surface area contributed by atoms with Gasteiger partial charge in [-0.1, -0.05) is 0 Å². The summed E-state index contributed by atoms with van der Waals surface area (Å²) in [5, 5.41) is 1.52. The van der Waals surface area contributed by atoms with Crippen LogP contribution in [0.15, 0.2) is 66.8 Å². The molecule has 0 aromatic heterocycles. The van der Waals surface area contributed by atoms with Gasteiger partial charge in [-0.15, -0.1) is 46.8 Å². The Labute approximate surface area is 161 Å². The Morgan fingerprint density at radius 3 is 1.57 bits per heavy atom. The quantitative estimate of drug-likeness (QED) is 0.417. The van der Waals surface area contributed by atoms with Gasteiger partial charge in [-0.25, -0.2) is 24.3 Å². The minimum Gasteiger partial charge on any atom is -0.273 e. The van der Waals surface area contributed by atoms with E-state index < -0.39 is 0 Å². The van der Waals surface area contributed by atoms with Crippen molar-refractivity contribution in [1.82, 2.24) is 0 Å². The average molecular weight is 460 g/mol. The second kappa shape index (κ2) is 16.4. The van der Waals surface area contributed by atoms with Crippen molar-refractivity contribution in [3.63, 3.8) is 0 Å². The van der Waals surface area contributed by atoms with Crippen LogP contribution >= 0.6 is 34.0 Å². The Bertz CT molecular complexity index is 449. The van der Waals surface area contributed by atoms with Gasteiger partial charge in [0, 0.05) is 0 Å². The second-order valence-corrected chi connectivity index (χ2v) is 9.34. The zero-order chi connectivity index (χ0) is 13.8. The molecule has 0 aliphatic heterocycles. The average Bonchev–Trinajstić information content (AvgIpc) is 3.18. The molecule has 0 bridgehead atoms. The summed E-state index contributed by atoms with van der Waals surface area (Å²) in [4.78, 5) is 0. The van der Waals surface area contributed by atoms with E-state index in [1.807, 2.05) is 24.3 Å². The van der Waals surface area contributed by atoms with Crippen LogP contribution in [0, 0.1) is 12.2 Å². The molecule has 0 fully saturated rings. The van der Waals surface area contributed by atoms with E-state index in [0.29, 0.717) is 0 Å². The molecule has 2 aliphatic rings. The van der Waals surface area contributed by atoms with Crippen molar-refractivity contribution in [3.8, 4) is 0 Å². The number of hydrogen-bond acceptors (Lipinski definition) is 0. The minimum atomic E-state index is -0.212. The molecule has 0 saturated carbocycles. The predicted molar refractivity (Wildman–Crippen MR) is 101 cm³/mol. The topological polar surface area (TPSA) is 0 Å². The van der Waals surface area contributed by atoms with Gasteiger partial charge in [-0.3, -0.25) is 12.2 Å². The van der Waals surface area contributed by atoms with E-state index in [9.17, 15) is 0 Å². The molecule has 2 aliphatic carbocycles. The molecule has 21 heavy (non-hydrogen) atoms. The molecular weight excluding hydrogens is 440 g/mol. The molecule has 0 unspecified atom stereocenters. The van der Waals surface area contributed by atoms with Crippen LogP contribution in [0.2, 0.25) is 6.55 Å². The van der Waals surface area contributed by atoms with Crippen molar-refractivity contribution in [3.05, 3.63) is 78.9 Å². The molecule has 0 N–H and O–H groups in total. The predicted octanol–water partition coefficient (Wildman–Crippen LogP) is 4.83. The molecule has 0 radical (unpaired) electrons. The van der Waals surface area contributed by atoms with Crippen molar-refractivity contribution in [2.24, 2.45) is 0 Å². The van der Waals surface area contributed by atoms with Crippen LogP contribution in [-0.4, -0.2) is 6.19 Å². The largest absolute Gasteiger partial charge is 0.273 e. The summed E-state index contributed by atoms with van der Waals surface area (Å²) in [7, 11) is 0. The number of rotatable bonds is 1. The zero-order valence-corrected chi connectivity index (χ0v) is 18.1. The fraction of sp³-hybridized carbons (Fsp3) is 0.176. The normalized spacial score (nSPS) is 12.3. The summed E-state index contributed by atoms with van der Waals surface area (Å²) >= 11 is 2.31. The molecule has 0 saturated heterocycles. The van der Waals surface area contributed by atoms with Crippen LogP contribution in [0.4, 0.5) is 0 Å². The molecule has 0 nitrogen and oxygen atoms in total. The van der Waals surface area contributed by atoms with Crippen LogP contribution in [0.5, 0.6) is 0 Å².